The summed E-state index contributed by atoms with van der Waals surface area (Å²) < 4.78 is 5.83. The number of piperazine rings is 1. The van der Waals surface area contributed by atoms with E-state index < -0.39 is 0 Å². The van der Waals surface area contributed by atoms with E-state index >= 15 is 0 Å². The number of carbonyl (C=O) groups is 2. The Morgan fingerprint density at radius 1 is 0.969 bits per heavy atom. The topological polar surface area (TPSA) is 77.5 Å². The maximum absolute atomic E-state index is 12.9. The Hall–Kier alpha value is -4.11. The first kappa shape index (κ1) is 21.1. The predicted octanol–water partition coefficient (Wildman–Crippen LogP) is 4.40. The van der Waals surface area contributed by atoms with E-state index in [2.05, 4.69) is 17.0 Å². The summed E-state index contributed by atoms with van der Waals surface area (Å²) in [6.07, 6.45) is 1.48. The Morgan fingerprint density at radius 2 is 1.72 bits per heavy atom. The van der Waals surface area contributed by atoms with E-state index in [4.69, 9.17) is 4.42 Å². The Morgan fingerprint density at radius 3 is 2.41 bits per heavy atom. The van der Waals surface area contributed by atoms with E-state index in [9.17, 15) is 14.9 Å². The first-order chi connectivity index (χ1) is 15.5. The lowest BCUT2D eigenvalue weighted by Gasteiger charge is -2.36. The fourth-order valence-corrected chi connectivity index (χ4v) is 3.74. The van der Waals surface area contributed by atoms with E-state index in [1.54, 1.807) is 35.2 Å². The van der Waals surface area contributed by atoms with E-state index in [0.717, 1.165) is 11.3 Å². The van der Waals surface area contributed by atoms with Gasteiger partial charge in [-0.05, 0) is 37.3 Å². The van der Waals surface area contributed by atoms with Gasteiger partial charge in [-0.25, -0.2) is 0 Å². The summed E-state index contributed by atoms with van der Waals surface area (Å²) >= 11 is 0. The Balaban J connectivity index is 1.46. The Kier molecular flexibility index (Phi) is 6.18. The monoisotopic (exact) mass is 425 g/mol. The molecule has 6 nitrogen and oxygen atoms in total. The van der Waals surface area contributed by atoms with Gasteiger partial charge >= 0.3 is 0 Å². The number of amides is 1. The normalized spacial score (nSPS) is 14.2. The van der Waals surface area contributed by atoms with Crippen LogP contribution in [-0.4, -0.2) is 42.8 Å². The van der Waals surface area contributed by atoms with Gasteiger partial charge in [0, 0.05) is 49.1 Å². The number of hydrogen-bond acceptors (Lipinski definition) is 5. The third-order valence-corrected chi connectivity index (χ3v) is 5.51. The highest BCUT2D eigenvalue weighted by molar-refractivity contribution is 6.01. The third kappa shape index (κ3) is 4.62. The molecule has 32 heavy (non-hydrogen) atoms. The SMILES string of the molecule is CC(=O)c1cccc(-c2ccc(/C=C(/C#N)C(=O)N3CCN(c4ccccc4)CC3)o2)c1. The molecule has 0 radical (unpaired) electrons. The smallest absolute Gasteiger partial charge is 0.264 e. The molecular weight excluding hydrogens is 402 g/mol. The lowest BCUT2D eigenvalue weighted by molar-refractivity contribution is -0.126. The van der Waals surface area contributed by atoms with Crippen LogP contribution in [0.5, 0.6) is 0 Å². The summed E-state index contributed by atoms with van der Waals surface area (Å²) in [5, 5.41) is 9.58. The molecule has 1 aromatic heterocycles. The average molecular weight is 425 g/mol. The molecule has 4 rings (SSSR count). The van der Waals surface area contributed by atoms with Crippen LogP contribution < -0.4 is 4.90 Å². The van der Waals surface area contributed by atoms with Crippen LogP contribution in [0.25, 0.3) is 17.4 Å². The molecule has 1 fully saturated rings. The Labute approximate surface area is 187 Å². The second-order valence-electron chi connectivity index (χ2n) is 7.62. The van der Waals surface area contributed by atoms with E-state index in [1.165, 1.54) is 13.0 Å². The highest BCUT2D eigenvalue weighted by atomic mass is 16.3. The minimum atomic E-state index is -0.295. The first-order valence-corrected chi connectivity index (χ1v) is 10.5. The van der Waals surface area contributed by atoms with Crippen LogP contribution in [0, 0.1) is 11.3 Å². The lowest BCUT2D eigenvalue weighted by Crippen LogP contribution is -2.49. The number of nitrogens with zero attached hydrogens (tertiary/aromatic N) is 3. The summed E-state index contributed by atoms with van der Waals surface area (Å²) in [6.45, 7) is 4.04. The molecule has 2 heterocycles. The number of benzene rings is 2. The van der Waals surface area contributed by atoms with Crippen molar-refractivity contribution in [2.24, 2.45) is 0 Å². The van der Waals surface area contributed by atoms with Crippen molar-refractivity contribution in [1.82, 2.24) is 4.90 Å². The van der Waals surface area contributed by atoms with Crippen molar-refractivity contribution in [2.45, 2.75) is 6.92 Å². The highest BCUT2D eigenvalue weighted by Gasteiger charge is 2.24. The summed E-state index contributed by atoms with van der Waals surface area (Å²) in [4.78, 5) is 28.5. The second kappa shape index (κ2) is 9.36. The van der Waals surface area contributed by atoms with Gasteiger partial charge < -0.3 is 14.2 Å². The molecule has 0 aliphatic carbocycles. The standard InChI is InChI=1S/C26H23N3O3/c1-19(30)20-6-5-7-21(16-20)25-11-10-24(32-25)17-22(18-27)26(31)29-14-12-28(13-15-29)23-8-3-2-4-9-23/h2-11,16-17H,12-15H2,1H3/b22-17-. The number of anilines is 1. The zero-order valence-corrected chi connectivity index (χ0v) is 17.8. The van der Waals surface area contributed by atoms with Crippen LogP contribution in [0.3, 0.4) is 0 Å². The van der Waals surface area contributed by atoms with Crippen molar-refractivity contribution in [2.75, 3.05) is 31.1 Å². The number of nitriles is 1. The Bertz CT molecular complexity index is 1200. The van der Waals surface area contributed by atoms with Crippen LogP contribution in [0.4, 0.5) is 5.69 Å². The highest BCUT2D eigenvalue weighted by Crippen LogP contribution is 2.25. The molecule has 1 aliphatic rings. The maximum atomic E-state index is 12.9. The van der Waals surface area contributed by atoms with Gasteiger partial charge in [-0.2, -0.15) is 5.26 Å². The predicted molar refractivity (Wildman–Crippen MR) is 123 cm³/mol. The van der Waals surface area contributed by atoms with Crippen molar-refractivity contribution in [3.63, 3.8) is 0 Å². The molecule has 0 unspecified atom stereocenters. The van der Waals surface area contributed by atoms with Crippen LogP contribution in [-0.2, 0) is 4.79 Å². The number of carbonyl (C=O) groups excluding carboxylic acids is 2. The van der Waals surface area contributed by atoms with E-state index in [1.807, 2.05) is 30.3 Å². The van der Waals surface area contributed by atoms with Gasteiger partial charge in [-0.1, -0.05) is 36.4 Å². The average Bonchev–Trinajstić information content (AvgIpc) is 3.31. The molecule has 0 atom stereocenters. The van der Waals surface area contributed by atoms with Crippen molar-refractivity contribution in [3.05, 3.63) is 83.6 Å². The summed E-state index contributed by atoms with van der Waals surface area (Å²) in [5.41, 5.74) is 2.53. The second-order valence-corrected chi connectivity index (χ2v) is 7.62. The molecular formula is C26H23N3O3. The quantitative estimate of drug-likeness (QED) is 0.344. The zero-order chi connectivity index (χ0) is 22.5. The fourth-order valence-electron chi connectivity index (χ4n) is 3.74. The number of para-hydroxylation sites is 1. The molecule has 1 saturated heterocycles. The largest absolute Gasteiger partial charge is 0.457 e. The number of furan rings is 1. The summed E-state index contributed by atoms with van der Waals surface area (Å²) in [5.74, 6) is 0.668. The maximum Gasteiger partial charge on any atom is 0.264 e. The summed E-state index contributed by atoms with van der Waals surface area (Å²) in [6, 6.07) is 22.7. The number of rotatable bonds is 5. The molecule has 0 spiro atoms. The van der Waals surface area contributed by atoms with Crippen LogP contribution in [0.15, 0.2) is 76.7 Å². The molecule has 3 aromatic rings. The van der Waals surface area contributed by atoms with Gasteiger partial charge in [0.05, 0.1) is 0 Å². The molecule has 0 N–H and O–H groups in total. The van der Waals surface area contributed by atoms with Crippen molar-refractivity contribution in [3.8, 4) is 17.4 Å². The van der Waals surface area contributed by atoms with Gasteiger partial charge in [0.25, 0.3) is 5.91 Å². The number of Topliss-reactive ketones (excluding diaryl/α,β-unsaturated/α-hetero) is 1. The minimum Gasteiger partial charge on any atom is -0.457 e. The third-order valence-electron chi connectivity index (χ3n) is 5.51. The molecule has 0 saturated carbocycles. The van der Waals surface area contributed by atoms with Gasteiger partial charge in [-0.15, -0.1) is 0 Å². The number of hydrogen-bond donors (Lipinski definition) is 0. The van der Waals surface area contributed by atoms with Gasteiger partial charge in [0.15, 0.2) is 5.78 Å². The van der Waals surface area contributed by atoms with Crippen LogP contribution in [0.2, 0.25) is 0 Å². The molecule has 160 valence electrons. The molecule has 1 amide bonds. The fraction of sp³-hybridized carbons (Fsp3) is 0.192. The van der Waals surface area contributed by atoms with Gasteiger partial charge in [-0.3, -0.25) is 9.59 Å². The van der Waals surface area contributed by atoms with Gasteiger partial charge in [0.1, 0.15) is 23.2 Å². The van der Waals surface area contributed by atoms with E-state index in [-0.39, 0.29) is 17.3 Å². The molecule has 6 heteroatoms. The van der Waals surface area contributed by atoms with Crippen molar-refractivity contribution >= 4 is 23.5 Å². The zero-order valence-electron chi connectivity index (χ0n) is 17.8. The van der Waals surface area contributed by atoms with Crippen LogP contribution >= 0.6 is 0 Å². The minimum absolute atomic E-state index is 0.0248. The molecule has 2 aromatic carbocycles. The van der Waals surface area contributed by atoms with Crippen LogP contribution in [0.1, 0.15) is 23.0 Å². The molecule has 0 bridgehead atoms. The first-order valence-electron chi connectivity index (χ1n) is 10.5. The molecule has 1 aliphatic heterocycles. The summed E-state index contributed by atoms with van der Waals surface area (Å²) in [7, 11) is 0. The van der Waals surface area contributed by atoms with Crippen molar-refractivity contribution < 1.29 is 14.0 Å². The number of ketones is 1. The van der Waals surface area contributed by atoms with Crippen molar-refractivity contribution in [1.29, 1.82) is 5.26 Å². The van der Waals surface area contributed by atoms with E-state index in [0.29, 0.717) is 43.3 Å². The van der Waals surface area contributed by atoms with Gasteiger partial charge in [0.2, 0.25) is 0 Å². The lowest BCUT2D eigenvalue weighted by atomic mass is 10.1.